The Balaban J connectivity index is 1.74. The first kappa shape index (κ1) is 21.2. The number of anilines is 1. The highest BCUT2D eigenvalue weighted by molar-refractivity contribution is 8.13. The topological polar surface area (TPSA) is 67.5 Å². The van der Waals surface area contributed by atoms with Gasteiger partial charge in [-0.2, -0.15) is 0 Å². The van der Waals surface area contributed by atoms with Gasteiger partial charge in [0.15, 0.2) is 5.17 Å². The summed E-state index contributed by atoms with van der Waals surface area (Å²) in [5, 5.41) is 3.35. The number of carbonyl (C=O) groups is 1. The van der Waals surface area contributed by atoms with Crippen LogP contribution in [0.15, 0.2) is 39.5 Å². The summed E-state index contributed by atoms with van der Waals surface area (Å²) in [5.74, 6) is 1.32. The Morgan fingerprint density at radius 2 is 2.21 bits per heavy atom. The number of rotatable bonds is 7. The second-order valence-corrected chi connectivity index (χ2v) is 10.4. The smallest absolute Gasteiger partial charge is 0.265 e. The standard InChI is InChI=1S/C20H24FN3OS3/c1-3-4-10-26-17-8-7-16(28-17)18(25)23-13-5-6-15(21)14(12-13)20(2)9-11-27-19(22)24-20/h5-8,12H,3-4,9-11H2,1-2H3,(H2,22,24)(H,23,25)/t20-/m0/s1. The molecule has 4 nitrogen and oxygen atoms in total. The molecule has 8 heteroatoms. The SMILES string of the molecule is CCCCSc1ccc(C(=O)Nc2ccc(F)c([C@]3(C)CCSC(N)=N3)c2)s1. The zero-order valence-corrected chi connectivity index (χ0v) is 18.4. The third-order valence-electron chi connectivity index (χ3n) is 4.55. The minimum atomic E-state index is -0.716. The van der Waals surface area contributed by atoms with E-state index < -0.39 is 5.54 Å². The van der Waals surface area contributed by atoms with Crippen LogP contribution in [-0.4, -0.2) is 22.6 Å². The molecular formula is C20H24FN3OS3. The van der Waals surface area contributed by atoms with Crippen molar-refractivity contribution in [3.05, 3.63) is 46.6 Å². The first-order chi connectivity index (χ1) is 13.4. The van der Waals surface area contributed by atoms with Crippen LogP contribution in [0, 0.1) is 5.82 Å². The highest BCUT2D eigenvalue weighted by Crippen LogP contribution is 2.37. The van der Waals surface area contributed by atoms with Crippen LogP contribution in [0.5, 0.6) is 0 Å². The van der Waals surface area contributed by atoms with Gasteiger partial charge in [-0.3, -0.25) is 9.79 Å². The molecular weight excluding hydrogens is 413 g/mol. The minimum Gasteiger partial charge on any atom is -0.379 e. The Kier molecular flexibility index (Phi) is 7.06. The van der Waals surface area contributed by atoms with Gasteiger partial charge in [-0.15, -0.1) is 23.1 Å². The summed E-state index contributed by atoms with van der Waals surface area (Å²) >= 11 is 4.73. The lowest BCUT2D eigenvalue weighted by Crippen LogP contribution is -2.29. The van der Waals surface area contributed by atoms with E-state index in [4.69, 9.17) is 5.73 Å². The van der Waals surface area contributed by atoms with Gasteiger partial charge in [-0.1, -0.05) is 25.1 Å². The third kappa shape index (κ3) is 5.10. The molecule has 3 N–H and O–H groups in total. The summed E-state index contributed by atoms with van der Waals surface area (Å²) < 4.78 is 15.6. The molecule has 0 spiro atoms. The Hall–Kier alpha value is -1.51. The summed E-state index contributed by atoms with van der Waals surface area (Å²) in [5.41, 5.74) is 6.16. The van der Waals surface area contributed by atoms with Crippen molar-refractivity contribution >= 4 is 51.6 Å². The van der Waals surface area contributed by atoms with Crippen molar-refractivity contribution < 1.29 is 9.18 Å². The number of nitrogens with zero attached hydrogens (tertiary/aromatic N) is 1. The second kappa shape index (κ2) is 9.33. The first-order valence-corrected chi connectivity index (χ1v) is 12.0. The predicted octanol–water partition coefficient (Wildman–Crippen LogP) is 5.70. The largest absolute Gasteiger partial charge is 0.379 e. The molecule has 0 bridgehead atoms. The molecule has 150 valence electrons. The number of nitrogens with one attached hydrogen (secondary N) is 1. The van der Waals surface area contributed by atoms with Crippen LogP contribution < -0.4 is 11.1 Å². The van der Waals surface area contributed by atoms with Crippen LogP contribution in [0.2, 0.25) is 0 Å². The Morgan fingerprint density at radius 3 is 2.96 bits per heavy atom. The summed E-state index contributed by atoms with van der Waals surface area (Å²) in [7, 11) is 0. The van der Waals surface area contributed by atoms with Gasteiger partial charge in [0.1, 0.15) is 5.82 Å². The summed E-state index contributed by atoms with van der Waals surface area (Å²) in [6.45, 7) is 4.04. The van der Waals surface area contributed by atoms with Gasteiger partial charge in [0.05, 0.1) is 14.6 Å². The Bertz CT molecular complexity index is 883. The van der Waals surface area contributed by atoms with Gasteiger partial charge >= 0.3 is 0 Å². The van der Waals surface area contributed by atoms with E-state index in [1.165, 1.54) is 29.2 Å². The maximum absolute atomic E-state index is 14.5. The molecule has 0 unspecified atom stereocenters. The number of halogens is 1. The second-order valence-electron chi connectivity index (χ2n) is 6.79. The van der Waals surface area contributed by atoms with E-state index in [0.29, 0.717) is 27.7 Å². The quantitative estimate of drug-likeness (QED) is 0.431. The van der Waals surface area contributed by atoms with E-state index in [1.807, 2.05) is 19.1 Å². The van der Waals surface area contributed by atoms with E-state index in [-0.39, 0.29) is 11.7 Å². The van der Waals surface area contributed by atoms with Crippen molar-refractivity contribution in [2.75, 3.05) is 16.8 Å². The fraction of sp³-hybridized carbons (Fsp3) is 0.400. The van der Waals surface area contributed by atoms with Crippen LogP contribution in [0.4, 0.5) is 10.1 Å². The molecule has 2 heterocycles. The van der Waals surface area contributed by atoms with Crippen molar-refractivity contribution in [3.63, 3.8) is 0 Å². The van der Waals surface area contributed by atoms with Crippen LogP contribution in [0.25, 0.3) is 0 Å². The molecule has 1 aromatic heterocycles. The fourth-order valence-corrected chi connectivity index (χ4v) is 6.09. The number of amides is 1. The first-order valence-electron chi connectivity index (χ1n) is 9.23. The number of thioether (sulfide) groups is 2. The van der Waals surface area contributed by atoms with Crippen LogP contribution in [0.3, 0.4) is 0 Å². The number of unbranched alkanes of at least 4 members (excludes halogenated alkanes) is 1. The van der Waals surface area contributed by atoms with E-state index in [2.05, 4.69) is 17.2 Å². The van der Waals surface area contributed by atoms with Crippen LogP contribution in [-0.2, 0) is 5.54 Å². The monoisotopic (exact) mass is 437 g/mol. The van der Waals surface area contributed by atoms with E-state index in [0.717, 1.165) is 28.6 Å². The molecule has 1 amide bonds. The number of carbonyl (C=O) groups excluding carboxylic acids is 1. The molecule has 1 aliphatic rings. The number of nitrogens with two attached hydrogens (primary N) is 1. The molecule has 1 aliphatic heterocycles. The third-order valence-corrected chi connectivity index (χ3v) is 7.74. The van der Waals surface area contributed by atoms with Crippen molar-refractivity contribution in [1.29, 1.82) is 0 Å². The number of hydrogen-bond acceptors (Lipinski definition) is 6. The summed E-state index contributed by atoms with van der Waals surface area (Å²) in [6, 6.07) is 8.45. The van der Waals surface area contributed by atoms with Gasteiger partial charge in [-0.05, 0) is 55.9 Å². The fourth-order valence-electron chi connectivity index (χ4n) is 2.93. The van der Waals surface area contributed by atoms with Crippen molar-refractivity contribution in [1.82, 2.24) is 0 Å². The van der Waals surface area contributed by atoms with Crippen LogP contribution >= 0.6 is 34.9 Å². The normalized spacial score (nSPS) is 19.3. The Morgan fingerprint density at radius 1 is 1.39 bits per heavy atom. The van der Waals surface area contributed by atoms with Gasteiger partial charge < -0.3 is 11.1 Å². The van der Waals surface area contributed by atoms with Crippen LogP contribution in [0.1, 0.15) is 48.3 Å². The molecule has 0 fully saturated rings. The molecule has 28 heavy (non-hydrogen) atoms. The van der Waals surface area contributed by atoms with E-state index in [1.54, 1.807) is 23.9 Å². The van der Waals surface area contributed by atoms with Gasteiger partial charge in [0.25, 0.3) is 5.91 Å². The zero-order valence-electron chi connectivity index (χ0n) is 16.0. The molecule has 0 aliphatic carbocycles. The number of benzene rings is 1. The molecule has 1 aromatic carbocycles. The number of thiophene rings is 1. The number of hydrogen-bond donors (Lipinski definition) is 2. The van der Waals surface area contributed by atoms with Gasteiger partial charge in [0, 0.05) is 17.0 Å². The number of aliphatic imine (C=N–C) groups is 1. The van der Waals surface area contributed by atoms with Crippen molar-refractivity contribution in [2.24, 2.45) is 10.7 Å². The highest BCUT2D eigenvalue weighted by Gasteiger charge is 2.32. The lowest BCUT2D eigenvalue weighted by molar-refractivity contribution is 0.103. The lowest BCUT2D eigenvalue weighted by Gasteiger charge is -2.30. The molecule has 0 saturated carbocycles. The average Bonchev–Trinajstić information content (AvgIpc) is 3.12. The lowest BCUT2D eigenvalue weighted by atomic mass is 9.89. The molecule has 1 atom stereocenters. The molecule has 3 rings (SSSR count). The summed E-state index contributed by atoms with van der Waals surface area (Å²) in [4.78, 5) is 17.7. The van der Waals surface area contributed by atoms with E-state index in [9.17, 15) is 9.18 Å². The maximum atomic E-state index is 14.5. The highest BCUT2D eigenvalue weighted by atomic mass is 32.2. The molecule has 0 radical (unpaired) electrons. The number of amidine groups is 1. The van der Waals surface area contributed by atoms with Gasteiger partial charge in [0.2, 0.25) is 0 Å². The molecule has 2 aromatic rings. The predicted molar refractivity (Wildman–Crippen MR) is 120 cm³/mol. The minimum absolute atomic E-state index is 0.183. The van der Waals surface area contributed by atoms with Crippen molar-refractivity contribution in [3.8, 4) is 0 Å². The average molecular weight is 438 g/mol. The maximum Gasteiger partial charge on any atom is 0.265 e. The van der Waals surface area contributed by atoms with E-state index >= 15 is 0 Å². The van der Waals surface area contributed by atoms with Gasteiger partial charge in [-0.25, -0.2) is 4.39 Å². The summed E-state index contributed by atoms with van der Waals surface area (Å²) in [6.07, 6.45) is 3.01. The Labute approximate surface area is 177 Å². The molecule has 0 saturated heterocycles. The van der Waals surface area contributed by atoms with Crippen molar-refractivity contribution in [2.45, 2.75) is 42.9 Å². The zero-order chi connectivity index (χ0) is 20.1.